The van der Waals surface area contributed by atoms with Gasteiger partial charge in [-0.1, -0.05) is 30.3 Å². The van der Waals surface area contributed by atoms with Crippen molar-refractivity contribution in [1.29, 1.82) is 0 Å². The van der Waals surface area contributed by atoms with Crippen molar-refractivity contribution in [2.75, 3.05) is 17.3 Å². The van der Waals surface area contributed by atoms with Crippen LogP contribution in [0.4, 0.5) is 11.8 Å². The van der Waals surface area contributed by atoms with Crippen LogP contribution in [0.5, 0.6) is 5.75 Å². The maximum atomic E-state index is 5.43. The molecule has 0 bridgehead atoms. The van der Waals surface area contributed by atoms with E-state index in [9.17, 15) is 0 Å². The molecule has 27 heavy (non-hydrogen) atoms. The molecule has 6 heteroatoms. The minimum absolute atomic E-state index is 0.567. The highest BCUT2D eigenvalue weighted by atomic mass is 16.5. The molecule has 0 atom stereocenters. The maximum absolute atomic E-state index is 5.43. The fraction of sp³-hybridized carbons (Fsp3) is 0.190. The third-order valence-electron chi connectivity index (χ3n) is 3.73. The van der Waals surface area contributed by atoms with Gasteiger partial charge in [0.2, 0.25) is 5.95 Å². The van der Waals surface area contributed by atoms with E-state index in [1.807, 2.05) is 62.4 Å². The van der Waals surface area contributed by atoms with Gasteiger partial charge in [-0.2, -0.15) is 10.1 Å². The van der Waals surface area contributed by atoms with Crippen molar-refractivity contribution in [2.45, 2.75) is 20.4 Å². The van der Waals surface area contributed by atoms with E-state index in [-0.39, 0.29) is 0 Å². The summed E-state index contributed by atoms with van der Waals surface area (Å²) in [6.07, 6.45) is 1.74. The van der Waals surface area contributed by atoms with E-state index >= 15 is 0 Å². The van der Waals surface area contributed by atoms with Crippen LogP contribution in [-0.2, 0) is 6.54 Å². The fourth-order valence-electron chi connectivity index (χ4n) is 2.47. The van der Waals surface area contributed by atoms with Crippen LogP contribution < -0.4 is 15.5 Å². The molecule has 0 spiro atoms. The molecular weight excluding hydrogens is 338 g/mol. The Bertz CT molecular complexity index is 879. The topological polar surface area (TPSA) is 71.4 Å². The van der Waals surface area contributed by atoms with Crippen LogP contribution in [-0.4, -0.2) is 22.8 Å². The van der Waals surface area contributed by atoms with Crippen LogP contribution in [0.15, 0.2) is 65.8 Å². The average molecular weight is 361 g/mol. The maximum Gasteiger partial charge on any atom is 0.225 e. The van der Waals surface area contributed by atoms with Crippen LogP contribution in [0.3, 0.4) is 0 Å². The normalized spacial score (nSPS) is 10.7. The van der Waals surface area contributed by atoms with Crippen molar-refractivity contribution in [2.24, 2.45) is 5.10 Å². The monoisotopic (exact) mass is 361 g/mol. The number of hydrogen-bond donors (Lipinski definition) is 2. The number of anilines is 2. The summed E-state index contributed by atoms with van der Waals surface area (Å²) in [5, 5.41) is 7.49. The number of nitrogens with one attached hydrogen (secondary N) is 2. The first-order valence-corrected chi connectivity index (χ1v) is 8.88. The summed E-state index contributed by atoms with van der Waals surface area (Å²) in [6, 6.07) is 19.7. The molecule has 0 fully saturated rings. The van der Waals surface area contributed by atoms with Crippen LogP contribution >= 0.6 is 0 Å². The highest BCUT2D eigenvalue weighted by Crippen LogP contribution is 2.12. The van der Waals surface area contributed by atoms with Gasteiger partial charge in [-0.25, -0.2) is 4.98 Å². The first kappa shape index (κ1) is 18.4. The zero-order valence-corrected chi connectivity index (χ0v) is 15.5. The Hall–Kier alpha value is -3.41. The van der Waals surface area contributed by atoms with Gasteiger partial charge in [0.1, 0.15) is 5.75 Å². The SMILES string of the molecule is CCOc1ccc(/C=N/Nc2cc(C)nc(NCc3ccccc3)n2)cc1. The molecule has 2 aromatic carbocycles. The number of benzene rings is 2. The van der Waals surface area contributed by atoms with Crippen LogP contribution in [0.1, 0.15) is 23.7 Å². The van der Waals surface area contributed by atoms with Crippen molar-refractivity contribution in [1.82, 2.24) is 9.97 Å². The number of nitrogens with zero attached hydrogens (tertiary/aromatic N) is 3. The minimum atomic E-state index is 0.567. The highest BCUT2D eigenvalue weighted by molar-refractivity contribution is 5.80. The van der Waals surface area contributed by atoms with E-state index in [1.54, 1.807) is 6.21 Å². The van der Waals surface area contributed by atoms with E-state index in [1.165, 1.54) is 5.56 Å². The Morgan fingerprint density at radius 3 is 2.56 bits per heavy atom. The van der Waals surface area contributed by atoms with Crippen LogP contribution in [0.2, 0.25) is 0 Å². The third-order valence-corrected chi connectivity index (χ3v) is 3.73. The number of rotatable bonds is 8. The molecule has 3 aromatic rings. The molecule has 0 saturated carbocycles. The van der Waals surface area contributed by atoms with Crippen molar-refractivity contribution in [3.63, 3.8) is 0 Å². The van der Waals surface area contributed by atoms with Crippen LogP contribution in [0, 0.1) is 6.92 Å². The van der Waals surface area contributed by atoms with Gasteiger partial charge in [-0.15, -0.1) is 0 Å². The van der Waals surface area contributed by atoms with E-state index in [0.717, 1.165) is 17.0 Å². The standard InChI is InChI=1S/C21H23N5O/c1-3-27-19-11-9-18(10-12-19)15-23-26-20-13-16(2)24-21(25-20)22-14-17-7-5-4-6-8-17/h4-13,15H,3,14H2,1-2H3,(H2,22,24,25,26)/b23-15+. The Morgan fingerprint density at radius 2 is 1.81 bits per heavy atom. The summed E-state index contributed by atoms with van der Waals surface area (Å²) >= 11 is 0. The largest absolute Gasteiger partial charge is 0.494 e. The Kier molecular flexibility index (Phi) is 6.35. The smallest absolute Gasteiger partial charge is 0.225 e. The van der Waals surface area contributed by atoms with Crippen LogP contribution in [0.25, 0.3) is 0 Å². The van der Waals surface area contributed by atoms with Gasteiger partial charge >= 0.3 is 0 Å². The molecule has 0 saturated heterocycles. The average Bonchev–Trinajstić information content (AvgIpc) is 2.68. The van der Waals surface area contributed by atoms with Crippen molar-refractivity contribution < 1.29 is 4.74 Å². The number of hydrogen-bond acceptors (Lipinski definition) is 6. The molecule has 0 radical (unpaired) electrons. The lowest BCUT2D eigenvalue weighted by molar-refractivity contribution is 0.340. The molecule has 0 aliphatic heterocycles. The number of ether oxygens (including phenoxy) is 1. The summed E-state index contributed by atoms with van der Waals surface area (Å²) in [5.41, 5.74) is 5.96. The Balaban J connectivity index is 1.60. The van der Waals surface area contributed by atoms with Crippen molar-refractivity contribution >= 4 is 18.0 Å². The van der Waals surface area contributed by atoms with Gasteiger partial charge in [0.15, 0.2) is 5.82 Å². The highest BCUT2D eigenvalue weighted by Gasteiger charge is 2.02. The van der Waals surface area contributed by atoms with E-state index in [4.69, 9.17) is 4.74 Å². The van der Waals surface area contributed by atoms with Gasteiger partial charge in [0, 0.05) is 18.3 Å². The molecule has 0 amide bonds. The molecule has 0 unspecified atom stereocenters. The molecule has 3 rings (SSSR count). The summed E-state index contributed by atoms with van der Waals surface area (Å²) in [5.74, 6) is 2.06. The van der Waals surface area contributed by atoms with Gasteiger partial charge in [0.05, 0.1) is 12.8 Å². The van der Waals surface area contributed by atoms with Gasteiger partial charge in [0.25, 0.3) is 0 Å². The molecule has 1 aromatic heterocycles. The number of aromatic nitrogens is 2. The summed E-state index contributed by atoms with van der Waals surface area (Å²) in [6.45, 7) is 5.21. The van der Waals surface area contributed by atoms with Crippen molar-refractivity contribution in [3.8, 4) is 5.75 Å². The zero-order chi connectivity index (χ0) is 18.9. The van der Waals surface area contributed by atoms with Crippen molar-refractivity contribution in [3.05, 3.63) is 77.5 Å². The molecule has 0 aliphatic carbocycles. The lowest BCUT2D eigenvalue weighted by atomic mass is 10.2. The predicted octanol–water partition coefficient (Wildman–Crippen LogP) is 4.24. The Morgan fingerprint density at radius 1 is 1.04 bits per heavy atom. The molecule has 6 nitrogen and oxygen atoms in total. The quantitative estimate of drug-likeness (QED) is 0.464. The summed E-state index contributed by atoms with van der Waals surface area (Å²) in [7, 11) is 0. The lowest BCUT2D eigenvalue weighted by Crippen LogP contribution is -2.06. The van der Waals surface area contributed by atoms with Gasteiger partial charge in [-0.05, 0) is 49.2 Å². The van der Waals surface area contributed by atoms with Gasteiger partial charge in [-0.3, -0.25) is 5.43 Å². The van der Waals surface area contributed by atoms with Gasteiger partial charge < -0.3 is 10.1 Å². The Labute approximate surface area is 159 Å². The summed E-state index contributed by atoms with van der Waals surface area (Å²) in [4.78, 5) is 8.87. The third kappa shape index (κ3) is 5.81. The molecule has 1 heterocycles. The first-order valence-electron chi connectivity index (χ1n) is 8.88. The number of aryl methyl sites for hydroxylation is 1. The van der Waals surface area contributed by atoms with E-state index in [0.29, 0.717) is 24.9 Å². The second-order valence-corrected chi connectivity index (χ2v) is 5.93. The van der Waals surface area contributed by atoms with E-state index < -0.39 is 0 Å². The second-order valence-electron chi connectivity index (χ2n) is 5.93. The summed E-state index contributed by atoms with van der Waals surface area (Å²) < 4.78 is 5.43. The lowest BCUT2D eigenvalue weighted by Gasteiger charge is -2.08. The first-order chi connectivity index (χ1) is 13.2. The van der Waals surface area contributed by atoms with E-state index in [2.05, 4.69) is 37.9 Å². The predicted molar refractivity (Wildman–Crippen MR) is 109 cm³/mol. The molecule has 0 aliphatic rings. The molecule has 138 valence electrons. The number of hydrazone groups is 1. The molecule has 2 N–H and O–H groups in total. The second kappa shape index (κ2) is 9.33. The minimum Gasteiger partial charge on any atom is -0.494 e. The fourth-order valence-corrected chi connectivity index (χ4v) is 2.47. The zero-order valence-electron chi connectivity index (χ0n) is 15.5. The molecular formula is C21H23N5O.